The maximum Gasteiger partial charge on any atom is 0.500 e. The Morgan fingerprint density at radius 1 is 0.957 bits per heavy atom. The van der Waals surface area contributed by atoms with Crippen molar-refractivity contribution in [3.63, 3.8) is 0 Å². The van der Waals surface area contributed by atoms with E-state index >= 15 is 0 Å². The molecular weight excluding hydrogens is 310 g/mol. The fourth-order valence-corrected chi connectivity index (χ4v) is 6.00. The van der Waals surface area contributed by atoms with E-state index in [1.54, 1.807) is 0 Å². The van der Waals surface area contributed by atoms with Gasteiger partial charge in [-0.25, -0.2) is 0 Å². The van der Waals surface area contributed by atoms with Crippen molar-refractivity contribution < 1.29 is 13.3 Å². The molecule has 0 aromatic rings. The highest BCUT2D eigenvalue weighted by Crippen LogP contribution is 2.20. The topological polar surface area (TPSA) is 46.5 Å². The van der Waals surface area contributed by atoms with Crippen molar-refractivity contribution in [3.8, 4) is 0 Å². The Morgan fingerprint density at radius 3 is 2.26 bits per heavy atom. The Bertz CT molecular complexity index is 365. The van der Waals surface area contributed by atoms with Crippen LogP contribution in [0.3, 0.4) is 0 Å². The molecule has 0 aliphatic carbocycles. The molecule has 0 atom stereocenters. The van der Waals surface area contributed by atoms with Gasteiger partial charge in [-0.05, 0) is 40.0 Å². The number of aliphatic imine (C=N–C) groups is 1. The summed E-state index contributed by atoms with van der Waals surface area (Å²) in [6.07, 6.45) is 3.44. The summed E-state index contributed by atoms with van der Waals surface area (Å²) in [5, 5.41) is 0. The number of fused-ring (bicyclic) bond motifs is 1. The van der Waals surface area contributed by atoms with Crippen molar-refractivity contribution in [3.05, 3.63) is 0 Å². The summed E-state index contributed by atoms with van der Waals surface area (Å²) in [4.78, 5) is 9.62. The van der Waals surface area contributed by atoms with Gasteiger partial charge in [0.15, 0.2) is 5.96 Å². The molecular formula is C16H33N3O3Si. The van der Waals surface area contributed by atoms with Gasteiger partial charge in [0.1, 0.15) is 0 Å². The van der Waals surface area contributed by atoms with Crippen LogP contribution in [0, 0.1) is 0 Å². The molecule has 6 nitrogen and oxygen atoms in total. The highest BCUT2D eigenvalue weighted by molar-refractivity contribution is 6.60. The zero-order valence-electron chi connectivity index (χ0n) is 15.1. The minimum atomic E-state index is -2.50. The van der Waals surface area contributed by atoms with Crippen LogP contribution < -0.4 is 0 Å². The lowest BCUT2D eigenvalue weighted by atomic mass is 10.2. The van der Waals surface area contributed by atoms with Crippen molar-refractivity contribution >= 4 is 14.8 Å². The van der Waals surface area contributed by atoms with Crippen LogP contribution in [-0.2, 0) is 13.3 Å². The van der Waals surface area contributed by atoms with Crippen LogP contribution in [0.1, 0.15) is 40.0 Å². The Morgan fingerprint density at radius 2 is 1.61 bits per heavy atom. The Kier molecular flexibility index (Phi) is 7.82. The minimum absolute atomic E-state index is 0.649. The van der Waals surface area contributed by atoms with Gasteiger partial charge in [-0.2, -0.15) is 0 Å². The van der Waals surface area contributed by atoms with Crippen LogP contribution in [-0.4, -0.2) is 77.1 Å². The smallest absolute Gasteiger partial charge is 0.374 e. The third-order valence-corrected chi connectivity index (χ3v) is 7.42. The monoisotopic (exact) mass is 343 g/mol. The Hall–Kier alpha value is -0.633. The van der Waals surface area contributed by atoms with Gasteiger partial charge in [0, 0.05) is 58.6 Å². The molecule has 0 spiro atoms. The van der Waals surface area contributed by atoms with Crippen LogP contribution in [0.2, 0.25) is 6.04 Å². The van der Waals surface area contributed by atoms with E-state index in [9.17, 15) is 0 Å². The fraction of sp³-hybridized carbons (Fsp3) is 0.938. The number of guanidine groups is 1. The molecule has 7 heteroatoms. The van der Waals surface area contributed by atoms with Crippen molar-refractivity contribution in [1.29, 1.82) is 0 Å². The van der Waals surface area contributed by atoms with Gasteiger partial charge in [0.25, 0.3) is 0 Å². The Labute approximate surface area is 142 Å². The predicted molar refractivity (Wildman–Crippen MR) is 94.7 cm³/mol. The standard InChI is InChI=1S/C16H33N3O3Si/c1-4-20-23(21-5-2,22-6-3)15-9-14-19-13-8-12-18-11-7-10-17-16(18)19/h4-15H2,1-3H3. The quantitative estimate of drug-likeness (QED) is 0.569. The minimum Gasteiger partial charge on any atom is -0.374 e. The van der Waals surface area contributed by atoms with Crippen molar-refractivity contribution in [1.82, 2.24) is 9.80 Å². The van der Waals surface area contributed by atoms with Crippen LogP contribution in [0.15, 0.2) is 4.99 Å². The molecule has 0 N–H and O–H groups in total. The second-order valence-corrected chi connectivity index (χ2v) is 8.68. The maximum atomic E-state index is 5.94. The van der Waals surface area contributed by atoms with Gasteiger partial charge in [-0.3, -0.25) is 4.99 Å². The molecule has 0 bridgehead atoms. The molecule has 0 unspecified atom stereocenters. The maximum absolute atomic E-state index is 5.94. The third kappa shape index (κ3) is 5.17. The molecule has 2 rings (SSSR count). The molecule has 2 heterocycles. The van der Waals surface area contributed by atoms with Crippen molar-refractivity contribution in [2.75, 3.05) is 52.5 Å². The first-order valence-corrected chi connectivity index (χ1v) is 11.1. The second-order valence-electron chi connectivity index (χ2n) is 5.95. The number of hydrogen-bond acceptors (Lipinski definition) is 6. The summed E-state index contributed by atoms with van der Waals surface area (Å²) in [5.74, 6) is 1.21. The first-order valence-electron chi connectivity index (χ1n) is 9.21. The lowest BCUT2D eigenvalue weighted by Gasteiger charge is -2.41. The van der Waals surface area contributed by atoms with Gasteiger partial charge < -0.3 is 23.1 Å². The Balaban J connectivity index is 1.88. The zero-order valence-corrected chi connectivity index (χ0v) is 16.1. The fourth-order valence-electron chi connectivity index (χ4n) is 3.40. The summed E-state index contributed by atoms with van der Waals surface area (Å²) < 4.78 is 17.8. The van der Waals surface area contributed by atoms with E-state index in [0.29, 0.717) is 19.8 Å². The van der Waals surface area contributed by atoms with E-state index in [2.05, 4.69) is 9.80 Å². The van der Waals surface area contributed by atoms with Crippen molar-refractivity contribution in [2.45, 2.75) is 46.1 Å². The van der Waals surface area contributed by atoms with Gasteiger partial charge in [-0.1, -0.05) is 0 Å². The largest absolute Gasteiger partial charge is 0.500 e. The zero-order chi connectivity index (χ0) is 16.5. The van der Waals surface area contributed by atoms with E-state index in [1.807, 2.05) is 20.8 Å². The molecule has 0 aromatic heterocycles. The first-order chi connectivity index (χ1) is 11.2. The highest BCUT2D eigenvalue weighted by atomic mass is 28.4. The summed E-state index contributed by atoms with van der Waals surface area (Å²) in [7, 11) is -2.50. The summed E-state index contributed by atoms with van der Waals surface area (Å²) >= 11 is 0. The molecule has 0 radical (unpaired) electrons. The highest BCUT2D eigenvalue weighted by Gasteiger charge is 2.40. The lowest BCUT2D eigenvalue weighted by molar-refractivity contribution is 0.0701. The van der Waals surface area contributed by atoms with E-state index in [1.165, 1.54) is 18.8 Å². The van der Waals surface area contributed by atoms with E-state index in [0.717, 1.165) is 45.2 Å². The molecule has 1 fully saturated rings. The van der Waals surface area contributed by atoms with Crippen LogP contribution in [0.5, 0.6) is 0 Å². The first kappa shape index (κ1) is 18.7. The van der Waals surface area contributed by atoms with Crippen molar-refractivity contribution in [2.24, 2.45) is 4.99 Å². The molecule has 23 heavy (non-hydrogen) atoms. The van der Waals surface area contributed by atoms with Gasteiger partial charge in [0.05, 0.1) is 0 Å². The molecule has 134 valence electrons. The second kappa shape index (κ2) is 9.61. The van der Waals surface area contributed by atoms with E-state index in [-0.39, 0.29) is 0 Å². The molecule has 0 aromatic carbocycles. The normalized spacial score (nSPS) is 18.8. The molecule has 0 amide bonds. The number of nitrogens with zero attached hydrogens (tertiary/aromatic N) is 3. The third-order valence-electron chi connectivity index (χ3n) is 4.26. The lowest BCUT2D eigenvalue weighted by Crippen LogP contribution is -2.53. The van der Waals surface area contributed by atoms with E-state index < -0.39 is 8.80 Å². The van der Waals surface area contributed by atoms with E-state index in [4.69, 9.17) is 18.3 Å². The average molecular weight is 344 g/mol. The van der Waals surface area contributed by atoms with Gasteiger partial charge in [0.2, 0.25) is 0 Å². The average Bonchev–Trinajstić information content (AvgIpc) is 2.56. The summed E-state index contributed by atoms with van der Waals surface area (Å²) in [6, 6.07) is 0.881. The molecule has 2 aliphatic heterocycles. The predicted octanol–water partition coefficient (Wildman–Crippen LogP) is 2.19. The van der Waals surface area contributed by atoms with Crippen LogP contribution in [0.4, 0.5) is 0 Å². The van der Waals surface area contributed by atoms with Crippen LogP contribution >= 0.6 is 0 Å². The van der Waals surface area contributed by atoms with Gasteiger partial charge >= 0.3 is 8.80 Å². The number of rotatable bonds is 10. The SMILES string of the molecule is CCO[Si](CCCN1CCCN2CCCN=C21)(OCC)OCC. The molecule has 2 aliphatic rings. The number of hydrogen-bond donors (Lipinski definition) is 0. The summed E-state index contributed by atoms with van der Waals surface area (Å²) in [6.45, 7) is 13.4. The summed E-state index contributed by atoms with van der Waals surface area (Å²) in [5.41, 5.74) is 0. The van der Waals surface area contributed by atoms with Gasteiger partial charge in [-0.15, -0.1) is 0 Å². The molecule has 0 saturated carbocycles. The van der Waals surface area contributed by atoms with Crippen LogP contribution in [0.25, 0.3) is 0 Å². The molecule has 1 saturated heterocycles.